The number of quaternary nitrogens is 4. The summed E-state index contributed by atoms with van der Waals surface area (Å²) in [5.41, 5.74) is 6.71. The molecule has 0 heterocycles. The van der Waals surface area contributed by atoms with Crippen LogP contribution in [0.5, 0.6) is 0 Å². The van der Waals surface area contributed by atoms with E-state index in [4.69, 9.17) is 4.74 Å². The van der Waals surface area contributed by atoms with E-state index in [2.05, 4.69) is 124 Å². The Bertz CT molecular complexity index is 1540. The van der Waals surface area contributed by atoms with Gasteiger partial charge in [-0.3, -0.25) is 9.59 Å². The Hall–Kier alpha value is -3.40. The van der Waals surface area contributed by atoms with Crippen molar-refractivity contribution in [2.75, 3.05) is 109 Å². The average molecular weight is 732 g/mol. The molecule has 0 fully saturated rings. The Kier molecular flexibility index (Phi) is 16.9. The average Bonchev–Trinajstić information content (AvgIpc) is 3.08. The first kappa shape index (κ1) is 44.0. The molecule has 8 nitrogen and oxygen atoms in total. The number of Topliss-reactive ketones (excluding diaryl/α,β-unsaturated/α-hetero) is 1. The normalized spacial score (nSPS) is 12.6. The fraction of sp³-hybridized carbons (Fsp3) is 0.556. The Morgan fingerprint density at radius 1 is 0.528 bits per heavy atom. The molecule has 0 aliphatic carbocycles. The maximum atomic E-state index is 12.8. The second-order valence-corrected chi connectivity index (χ2v) is 18.1. The first-order valence-electron chi connectivity index (χ1n) is 19.8. The second kappa shape index (κ2) is 20.3. The Morgan fingerprint density at radius 2 is 0.962 bits per heavy atom. The van der Waals surface area contributed by atoms with Crippen molar-refractivity contribution in [3.8, 4) is 0 Å². The van der Waals surface area contributed by atoms with Crippen LogP contribution in [0.15, 0.2) is 72.8 Å². The number of rotatable bonds is 24. The van der Waals surface area contributed by atoms with Crippen LogP contribution in [0.25, 0.3) is 0 Å². The maximum absolute atomic E-state index is 12.8. The zero-order valence-electron chi connectivity index (χ0n) is 35.0. The monoisotopic (exact) mass is 732 g/mol. The van der Waals surface area contributed by atoms with E-state index in [0.717, 1.165) is 103 Å². The van der Waals surface area contributed by atoms with Crippen LogP contribution in [0.2, 0.25) is 0 Å². The topological polar surface area (TPSA) is 55.4 Å². The number of benzene rings is 3. The number of ketones is 1. The van der Waals surface area contributed by atoms with Gasteiger partial charge >= 0.3 is 0 Å². The van der Waals surface area contributed by atoms with Crippen molar-refractivity contribution < 1.29 is 32.3 Å². The predicted octanol–water partition coefficient (Wildman–Crippen LogP) is 6.57. The standard InChI is InChI=1S/C45H72N5O3/c1-11-38-16-18-39(19-17-38)36-49(7,8)31-33-53-34-32-50(9,10)37-41-22-20-40(21-23-41)35-48(5,6)30-14-28-46-45(52)43-26-24-42(25-27-43)44(51)15-12-13-29-47(2,3)4/h16-27H,11-15,28-37H2,1-10H3/q+3/p+1. The van der Waals surface area contributed by atoms with Gasteiger partial charge in [-0.25, -0.2) is 0 Å². The number of carbonyl (C=O) groups is 2. The number of hydrogen-bond acceptors (Lipinski definition) is 3. The quantitative estimate of drug-likeness (QED) is 0.0645. The summed E-state index contributed by atoms with van der Waals surface area (Å²) in [5, 5.41) is 3.06. The van der Waals surface area contributed by atoms with Crippen molar-refractivity contribution in [3.63, 3.8) is 0 Å². The molecule has 0 aliphatic rings. The van der Waals surface area contributed by atoms with E-state index in [9.17, 15) is 9.59 Å². The molecule has 0 aliphatic heterocycles. The number of ether oxygens (including phenoxy) is 1. The van der Waals surface area contributed by atoms with Crippen molar-refractivity contribution in [3.05, 3.63) is 106 Å². The first-order chi connectivity index (χ1) is 24.9. The maximum Gasteiger partial charge on any atom is 0.251 e. The van der Waals surface area contributed by atoms with Crippen molar-refractivity contribution in [2.24, 2.45) is 0 Å². The molecular formula is C45H73N5O3+4. The molecule has 0 bridgehead atoms. The van der Waals surface area contributed by atoms with Gasteiger partial charge in [-0.05, 0) is 37.0 Å². The molecule has 0 saturated heterocycles. The molecule has 3 aromatic rings. The van der Waals surface area contributed by atoms with E-state index in [1.807, 2.05) is 0 Å². The third-order valence-corrected chi connectivity index (χ3v) is 10.1. The fourth-order valence-electron chi connectivity index (χ4n) is 6.71. The summed E-state index contributed by atoms with van der Waals surface area (Å²) in [7, 11) is 20.1. The van der Waals surface area contributed by atoms with Crippen LogP contribution in [0, 0.1) is 0 Å². The van der Waals surface area contributed by atoms with Gasteiger partial charge in [0.1, 0.15) is 32.7 Å². The van der Waals surface area contributed by atoms with Crippen molar-refractivity contribution in [1.29, 1.82) is 0 Å². The molecule has 1 N–H and O–H groups in total. The van der Waals surface area contributed by atoms with Gasteiger partial charge in [0.2, 0.25) is 0 Å². The number of nitrogens with one attached hydrogen (secondary N) is 1. The van der Waals surface area contributed by atoms with Gasteiger partial charge < -0.3 is 28.0 Å². The number of aryl methyl sites for hydroxylation is 1. The highest BCUT2D eigenvalue weighted by atomic mass is 16.5. The number of unbranched alkanes of at least 4 members (excludes halogenated alkanes) is 1. The summed E-state index contributed by atoms with van der Waals surface area (Å²) in [6, 6.07) is 25.2. The molecule has 3 aromatic carbocycles. The van der Waals surface area contributed by atoms with E-state index in [-0.39, 0.29) is 11.7 Å². The Morgan fingerprint density at radius 3 is 1.42 bits per heavy atom. The molecule has 0 atom stereocenters. The van der Waals surface area contributed by atoms with Gasteiger partial charge in [0, 0.05) is 47.2 Å². The zero-order valence-corrected chi connectivity index (χ0v) is 35.0. The van der Waals surface area contributed by atoms with Crippen LogP contribution in [0.3, 0.4) is 0 Å². The van der Waals surface area contributed by atoms with Gasteiger partial charge in [0.15, 0.2) is 5.78 Å². The molecular weight excluding hydrogens is 659 g/mol. The number of likely N-dealkylation sites (N-methyl/N-ethyl adjacent to an activating group) is 2. The lowest BCUT2D eigenvalue weighted by molar-refractivity contribution is -0.907. The predicted molar refractivity (Wildman–Crippen MR) is 220 cm³/mol. The van der Waals surface area contributed by atoms with Gasteiger partial charge in [-0.1, -0.05) is 67.6 Å². The molecule has 0 unspecified atom stereocenters. The van der Waals surface area contributed by atoms with E-state index in [0.29, 0.717) is 24.1 Å². The highest BCUT2D eigenvalue weighted by Gasteiger charge is 2.20. The minimum absolute atomic E-state index is 0.0897. The second-order valence-electron chi connectivity index (χ2n) is 18.1. The lowest BCUT2D eigenvalue weighted by Gasteiger charge is -2.32. The van der Waals surface area contributed by atoms with Crippen molar-refractivity contribution in [1.82, 2.24) is 5.32 Å². The lowest BCUT2D eigenvalue weighted by atomic mass is 10.0. The molecule has 0 saturated carbocycles. The highest BCUT2D eigenvalue weighted by Crippen LogP contribution is 2.16. The molecule has 8 heteroatoms. The molecule has 0 aromatic heterocycles. The fourth-order valence-corrected chi connectivity index (χ4v) is 6.71. The number of carbonyl (C=O) groups excluding carboxylic acids is 2. The third kappa shape index (κ3) is 17.5. The van der Waals surface area contributed by atoms with Crippen LogP contribution in [0.1, 0.15) is 75.6 Å². The van der Waals surface area contributed by atoms with E-state index >= 15 is 0 Å². The van der Waals surface area contributed by atoms with Gasteiger partial charge in [0.05, 0.1) is 89.7 Å². The third-order valence-electron chi connectivity index (χ3n) is 10.1. The molecule has 53 heavy (non-hydrogen) atoms. The van der Waals surface area contributed by atoms with Gasteiger partial charge in [-0.2, -0.15) is 0 Å². The van der Waals surface area contributed by atoms with E-state index in [1.54, 1.807) is 24.3 Å². The summed E-state index contributed by atoms with van der Waals surface area (Å²) in [6.07, 6.45) is 4.43. The zero-order chi connectivity index (χ0) is 39.1. The molecule has 1 amide bonds. The largest absolute Gasteiger partial charge is 0.370 e. The van der Waals surface area contributed by atoms with Crippen LogP contribution in [-0.2, 0) is 30.8 Å². The molecule has 292 valence electrons. The van der Waals surface area contributed by atoms with Crippen LogP contribution >= 0.6 is 0 Å². The van der Waals surface area contributed by atoms with Gasteiger partial charge in [-0.15, -0.1) is 0 Å². The van der Waals surface area contributed by atoms with Gasteiger partial charge in [0.25, 0.3) is 5.91 Å². The molecule has 3 rings (SSSR count). The first-order valence-corrected chi connectivity index (χ1v) is 19.8. The molecule has 0 radical (unpaired) electrons. The summed E-state index contributed by atoms with van der Waals surface area (Å²) in [5.74, 6) is 0.0556. The number of nitrogens with zero attached hydrogens (tertiary/aromatic N) is 4. The minimum Gasteiger partial charge on any atom is -0.370 e. The minimum atomic E-state index is -0.0897. The van der Waals surface area contributed by atoms with E-state index < -0.39 is 0 Å². The summed E-state index contributed by atoms with van der Waals surface area (Å²) in [6.45, 7) is 11.2. The smallest absolute Gasteiger partial charge is 0.251 e. The Labute approximate surface area is 322 Å². The van der Waals surface area contributed by atoms with Crippen LogP contribution in [-0.4, -0.2) is 139 Å². The van der Waals surface area contributed by atoms with Crippen LogP contribution < -0.4 is 5.32 Å². The summed E-state index contributed by atoms with van der Waals surface area (Å²) < 4.78 is 9.69. The Balaban J connectivity index is 1.32. The highest BCUT2D eigenvalue weighted by molar-refractivity contribution is 5.98. The van der Waals surface area contributed by atoms with Crippen molar-refractivity contribution in [2.45, 2.75) is 58.7 Å². The summed E-state index contributed by atoms with van der Waals surface area (Å²) >= 11 is 0. The SMILES string of the molecule is CCc1ccc(C[N+](C)(C)CCOCC[N+](C)(C)Cc2ccc(C[N+](C)(C)CCCNC(=O)c3ccc(C(=O)CCCC[N+](C)(C)C)cc3)cc2)cc1. The number of amides is 1. The number of hydrogen-bond donors (Lipinski definition) is 1. The molecule has 0 spiro atoms. The van der Waals surface area contributed by atoms with E-state index in [1.165, 1.54) is 22.3 Å². The summed E-state index contributed by atoms with van der Waals surface area (Å²) in [4.78, 5) is 25.3. The lowest BCUT2D eigenvalue weighted by Crippen LogP contribution is -2.43. The van der Waals surface area contributed by atoms with Crippen LogP contribution in [0.4, 0.5) is 0 Å². The van der Waals surface area contributed by atoms with Crippen molar-refractivity contribution >= 4 is 11.7 Å².